The Kier molecular flexibility index (Phi) is 6.18. The Hall–Kier alpha value is -3.24. The van der Waals surface area contributed by atoms with Crippen molar-refractivity contribution in [3.63, 3.8) is 0 Å². The molecule has 0 aliphatic carbocycles. The Morgan fingerprint density at radius 1 is 1.23 bits per heavy atom. The highest BCUT2D eigenvalue weighted by molar-refractivity contribution is 7.89. The third-order valence-electron chi connectivity index (χ3n) is 4.40. The van der Waals surface area contributed by atoms with Gasteiger partial charge in [0.1, 0.15) is 23.4 Å². The third-order valence-corrected chi connectivity index (χ3v) is 5.82. The molecule has 10 heteroatoms. The lowest BCUT2D eigenvalue weighted by Crippen LogP contribution is -2.32. The zero-order valence-electron chi connectivity index (χ0n) is 16.6. The van der Waals surface area contributed by atoms with Gasteiger partial charge in [-0.1, -0.05) is 18.2 Å². The number of anilines is 1. The molecule has 2 aromatic carbocycles. The quantitative estimate of drug-likeness (QED) is 0.598. The number of carbonyl (C=O) groups excluding carboxylic acids is 1. The van der Waals surface area contributed by atoms with Crippen LogP contribution in [0, 0.1) is 5.82 Å². The fourth-order valence-electron chi connectivity index (χ4n) is 2.98. The van der Waals surface area contributed by atoms with Crippen LogP contribution in [-0.2, 0) is 21.9 Å². The monoisotopic (exact) mass is 432 g/mol. The van der Waals surface area contributed by atoms with Crippen LogP contribution in [-0.4, -0.2) is 31.0 Å². The lowest BCUT2D eigenvalue weighted by molar-refractivity contribution is -0.114. The Morgan fingerprint density at radius 3 is 2.57 bits per heavy atom. The molecule has 158 valence electrons. The van der Waals surface area contributed by atoms with Crippen LogP contribution in [0.4, 0.5) is 10.1 Å². The van der Waals surface area contributed by atoms with Crippen molar-refractivity contribution in [3.8, 4) is 5.75 Å². The molecule has 0 spiro atoms. The van der Waals surface area contributed by atoms with E-state index in [1.54, 1.807) is 23.9 Å². The summed E-state index contributed by atoms with van der Waals surface area (Å²) in [5.74, 6) is -0.326. The van der Waals surface area contributed by atoms with Gasteiger partial charge in [0.25, 0.3) is 0 Å². The van der Waals surface area contributed by atoms with Crippen molar-refractivity contribution in [2.24, 2.45) is 7.05 Å². The van der Waals surface area contributed by atoms with Crippen molar-refractivity contribution in [2.45, 2.75) is 17.9 Å². The molecule has 0 aliphatic heterocycles. The van der Waals surface area contributed by atoms with Gasteiger partial charge in [-0.05, 0) is 24.3 Å². The molecule has 3 aromatic rings. The summed E-state index contributed by atoms with van der Waals surface area (Å²) in [4.78, 5) is 15.5. The number of sulfonamides is 1. The summed E-state index contributed by atoms with van der Waals surface area (Å²) in [5.41, 5.74) is 0.332. The molecule has 0 fully saturated rings. The van der Waals surface area contributed by atoms with Gasteiger partial charge < -0.3 is 14.6 Å². The maximum Gasteiger partial charge on any atom is 0.241 e. The Bertz CT molecular complexity index is 1180. The number of hydrogen-bond acceptors (Lipinski definition) is 5. The molecule has 1 atom stereocenters. The smallest absolute Gasteiger partial charge is 0.241 e. The molecule has 2 N–H and O–H groups in total. The average molecular weight is 432 g/mol. The number of nitrogens with zero attached hydrogens (tertiary/aromatic N) is 2. The van der Waals surface area contributed by atoms with E-state index in [-0.39, 0.29) is 22.1 Å². The number of amides is 1. The van der Waals surface area contributed by atoms with E-state index in [4.69, 9.17) is 4.74 Å². The number of hydrogen-bond donors (Lipinski definition) is 2. The first-order valence-electron chi connectivity index (χ1n) is 8.92. The van der Waals surface area contributed by atoms with Crippen molar-refractivity contribution in [1.29, 1.82) is 0 Å². The summed E-state index contributed by atoms with van der Waals surface area (Å²) in [5, 5.41) is 2.53. The number of rotatable bonds is 7. The van der Waals surface area contributed by atoms with Gasteiger partial charge in [-0.3, -0.25) is 4.79 Å². The number of aromatic nitrogens is 2. The van der Waals surface area contributed by atoms with E-state index < -0.39 is 21.9 Å². The van der Waals surface area contributed by atoms with Crippen molar-refractivity contribution in [2.75, 3.05) is 12.4 Å². The molecule has 1 unspecified atom stereocenters. The second-order valence-corrected chi connectivity index (χ2v) is 8.23. The van der Waals surface area contributed by atoms with E-state index in [1.807, 2.05) is 0 Å². The fraction of sp³-hybridized carbons (Fsp3) is 0.200. The Morgan fingerprint density at radius 2 is 1.97 bits per heavy atom. The topological polar surface area (TPSA) is 102 Å². The van der Waals surface area contributed by atoms with Gasteiger partial charge in [-0.25, -0.2) is 17.8 Å². The summed E-state index contributed by atoms with van der Waals surface area (Å²) in [6, 6.07) is 8.86. The number of benzene rings is 2. The minimum Gasteiger partial charge on any atom is -0.495 e. The molecule has 30 heavy (non-hydrogen) atoms. The minimum absolute atomic E-state index is 0.123. The van der Waals surface area contributed by atoms with Crippen LogP contribution in [0.25, 0.3) is 0 Å². The second kappa shape index (κ2) is 8.64. The zero-order chi connectivity index (χ0) is 21.9. The summed E-state index contributed by atoms with van der Waals surface area (Å²) in [7, 11) is -1.03. The lowest BCUT2D eigenvalue weighted by Gasteiger charge is -2.20. The summed E-state index contributed by atoms with van der Waals surface area (Å²) in [6.45, 7) is 1.30. The molecule has 8 nitrogen and oxygen atoms in total. The first-order valence-corrected chi connectivity index (χ1v) is 10.4. The van der Waals surface area contributed by atoms with Crippen LogP contribution in [0.2, 0.25) is 0 Å². The highest BCUT2D eigenvalue weighted by atomic mass is 32.2. The Labute approximate surface area is 173 Å². The molecule has 1 amide bonds. The molecule has 1 aromatic heterocycles. The number of methoxy groups -OCH3 is 1. The number of carbonyl (C=O) groups is 1. The number of imidazole rings is 1. The molecular weight excluding hydrogens is 411 g/mol. The summed E-state index contributed by atoms with van der Waals surface area (Å²) < 4.78 is 50.1. The van der Waals surface area contributed by atoms with Crippen molar-refractivity contribution < 1.29 is 22.3 Å². The first kappa shape index (κ1) is 21.5. The van der Waals surface area contributed by atoms with E-state index in [0.717, 1.165) is 0 Å². The van der Waals surface area contributed by atoms with Crippen molar-refractivity contribution in [1.82, 2.24) is 14.3 Å². The fourth-order valence-corrected chi connectivity index (χ4v) is 4.18. The molecule has 0 saturated carbocycles. The SMILES string of the molecule is COc1ccc(S(=O)(=O)NC(c2ccccc2F)c2nccn2C)cc1NC(C)=O. The second-order valence-electron chi connectivity index (χ2n) is 6.52. The standard InChI is InChI=1S/C20H21FN4O4S/c1-13(26)23-17-12-14(8-9-18(17)29-3)30(27,28)24-19(20-22-10-11-25(20)2)15-6-4-5-7-16(15)21/h4-12,19,24H,1-3H3,(H,23,26). The van der Waals surface area contributed by atoms with Crippen LogP contribution in [0.3, 0.4) is 0 Å². The molecular formula is C20H21FN4O4S. The van der Waals surface area contributed by atoms with Gasteiger partial charge in [-0.15, -0.1) is 0 Å². The molecule has 0 bridgehead atoms. The minimum atomic E-state index is -4.13. The van der Waals surface area contributed by atoms with Crippen LogP contribution in [0.5, 0.6) is 5.75 Å². The molecule has 0 aliphatic rings. The van der Waals surface area contributed by atoms with Gasteiger partial charge in [0.05, 0.1) is 17.7 Å². The van der Waals surface area contributed by atoms with Gasteiger partial charge in [0.15, 0.2) is 0 Å². The van der Waals surface area contributed by atoms with E-state index in [0.29, 0.717) is 11.6 Å². The highest BCUT2D eigenvalue weighted by Gasteiger charge is 2.28. The van der Waals surface area contributed by atoms with E-state index >= 15 is 0 Å². The summed E-state index contributed by atoms with van der Waals surface area (Å²) >= 11 is 0. The molecule has 0 saturated heterocycles. The Balaban J connectivity index is 2.05. The van der Waals surface area contributed by atoms with Gasteiger partial charge in [-0.2, -0.15) is 4.72 Å². The predicted molar refractivity (Wildman–Crippen MR) is 109 cm³/mol. The highest BCUT2D eigenvalue weighted by Crippen LogP contribution is 2.30. The van der Waals surface area contributed by atoms with E-state index in [2.05, 4.69) is 15.0 Å². The largest absolute Gasteiger partial charge is 0.495 e. The van der Waals surface area contributed by atoms with Crippen molar-refractivity contribution >= 4 is 21.6 Å². The van der Waals surface area contributed by atoms with E-state index in [1.165, 1.54) is 56.6 Å². The number of nitrogens with one attached hydrogen (secondary N) is 2. The zero-order valence-corrected chi connectivity index (χ0v) is 17.4. The number of halogens is 1. The lowest BCUT2D eigenvalue weighted by atomic mass is 10.1. The molecule has 3 rings (SSSR count). The number of ether oxygens (including phenoxy) is 1. The number of aryl methyl sites for hydroxylation is 1. The predicted octanol–water partition coefficient (Wildman–Crippen LogP) is 2.59. The van der Waals surface area contributed by atoms with Crippen LogP contribution < -0.4 is 14.8 Å². The van der Waals surface area contributed by atoms with Gasteiger partial charge in [0, 0.05) is 31.9 Å². The van der Waals surface area contributed by atoms with Crippen LogP contribution in [0.1, 0.15) is 24.4 Å². The normalized spacial score (nSPS) is 12.4. The summed E-state index contributed by atoms with van der Waals surface area (Å²) in [6.07, 6.45) is 3.14. The average Bonchev–Trinajstić information content (AvgIpc) is 3.12. The maximum absolute atomic E-state index is 14.5. The first-order chi connectivity index (χ1) is 14.2. The molecule has 1 heterocycles. The van der Waals surface area contributed by atoms with Crippen LogP contribution >= 0.6 is 0 Å². The maximum atomic E-state index is 14.5. The molecule has 0 radical (unpaired) electrons. The van der Waals surface area contributed by atoms with Gasteiger partial charge >= 0.3 is 0 Å². The third kappa shape index (κ3) is 4.50. The van der Waals surface area contributed by atoms with Crippen LogP contribution in [0.15, 0.2) is 59.8 Å². The van der Waals surface area contributed by atoms with Crippen molar-refractivity contribution in [3.05, 3.63) is 72.1 Å². The van der Waals surface area contributed by atoms with E-state index in [9.17, 15) is 17.6 Å². The van der Waals surface area contributed by atoms with Gasteiger partial charge in [0.2, 0.25) is 15.9 Å².